The van der Waals surface area contributed by atoms with Crippen molar-refractivity contribution in [2.75, 3.05) is 13.1 Å². The number of carbonyl (C=O) groups is 2. The zero-order valence-corrected chi connectivity index (χ0v) is 13.5. The SMILES string of the molecule is O=C(O)CCC1CCCN(C(=O)CC/C=C/c2ccccc2)C1. The molecule has 1 aliphatic heterocycles. The fraction of sp³-hybridized carbons (Fsp3) is 0.474. The van der Waals surface area contributed by atoms with Gasteiger partial charge in [0.25, 0.3) is 0 Å². The number of hydrogen-bond donors (Lipinski definition) is 1. The Balaban J connectivity index is 1.72. The van der Waals surface area contributed by atoms with Crippen LogP contribution in [0.1, 0.15) is 44.1 Å². The number of allylic oxidation sites excluding steroid dienone is 1. The summed E-state index contributed by atoms with van der Waals surface area (Å²) in [7, 11) is 0. The van der Waals surface area contributed by atoms with E-state index in [0.29, 0.717) is 25.3 Å². The highest BCUT2D eigenvalue weighted by Gasteiger charge is 2.23. The van der Waals surface area contributed by atoms with Crippen LogP contribution < -0.4 is 0 Å². The Kier molecular flexibility index (Phi) is 6.85. The Labute approximate surface area is 137 Å². The van der Waals surface area contributed by atoms with Gasteiger partial charge in [-0.1, -0.05) is 42.5 Å². The fourth-order valence-electron chi connectivity index (χ4n) is 3.00. The predicted octanol–water partition coefficient (Wildman–Crippen LogP) is 3.58. The van der Waals surface area contributed by atoms with E-state index in [-0.39, 0.29) is 12.3 Å². The standard InChI is InChI=1S/C19H25NO3/c21-18(11-5-4-9-16-7-2-1-3-8-16)20-14-6-10-17(15-20)12-13-19(22)23/h1-4,7-9,17H,5-6,10-15H2,(H,22,23)/b9-4+. The molecule has 1 aromatic rings. The van der Waals surface area contributed by atoms with Crippen LogP contribution >= 0.6 is 0 Å². The number of hydrogen-bond acceptors (Lipinski definition) is 2. The summed E-state index contributed by atoms with van der Waals surface area (Å²) in [4.78, 5) is 24.8. The van der Waals surface area contributed by atoms with Crippen molar-refractivity contribution in [3.05, 3.63) is 42.0 Å². The third-order valence-electron chi connectivity index (χ3n) is 4.27. The van der Waals surface area contributed by atoms with Gasteiger partial charge in [0.1, 0.15) is 0 Å². The molecule has 1 fully saturated rings. The molecule has 1 unspecified atom stereocenters. The molecule has 2 rings (SSSR count). The monoisotopic (exact) mass is 315 g/mol. The second kappa shape index (κ2) is 9.13. The van der Waals surface area contributed by atoms with Crippen molar-refractivity contribution in [1.29, 1.82) is 0 Å². The van der Waals surface area contributed by atoms with Crippen LogP contribution in [0.4, 0.5) is 0 Å². The molecule has 1 aromatic carbocycles. The zero-order chi connectivity index (χ0) is 16.5. The number of carboxylic acid groups (broad SMARTS) is 1. The lowest BCUT2D eigenvalue weighted by Gasteiger charge is -2.32. The molecule has 0 saturated carbocycles. The van der Waals surface area contributed by atoms with Crippen LogP contribution in [0, 0.1) is 5.92 Å². The summed E-state index contributed by atoms with van der Waals surface area (Å²) in [6, 6.07) is 10.1. The van der Waals surface area contributed by atoms with Gasteiger partial charge in [0, 0.05) is 25.9 Å². The van der Waals surface area contributed by atoms with Crippen LogP contribution in [-0.2, 0) is 9.59 Å². The highest BCUT2D eigenvalue weighted by Crippen LogP contribution is 2.21. The van der Waals surface area contributed by atoms with Crippen molar-refractivity contribution in [1.82, 2.24) is 4.90 Å². The van der Waals surface area contributed by atoms with Crippen LogP contribution in [0.3, 0.4) is 0 Å². The summed E-state index contributed by atoms with van der Waals surface area (Å²) in [5.74, 6) is -0.231. The maximum Gasteiger partial charge on any atom is 0.303 e. The van der Waals surface area contributed by atoms with E-state index in [1.807, 2.05) is 47.4 Å². The largest absolute Gasteiger partial charge is 0.481 e. The number of carbonyl (C=O) groups excluding carboxylic acids is 1. The summed E-state index contributed by atoms with van der Waals surface area (Å²) in [6.45, 7) is 1.53. The first-order valence-corrected chi connectivity index (χ1v) is 8.36. The number of rotatable bonds is 7. The van der Waals surface area contributed by atoms with Crippen LogP contribution in [0.25, 0.3) is 6.08 Å². The lowest BCUT2D eigenvalue weighted by molar-refractivity contribution is -0.137. The highest BCUT2D eigenvalue weighted by atomic mass is 16.4. The van der Waals surface area contributed by atoms with E-state index in [4.69, 9.17) is 5.11 Å². The van der Waals surface area contributed by atoms with E-state index in [2.05, 4.69) is 0 Å². The minimum atomic E-state index is -0.750. The normalized spacial score (nSPS) is 18.3. The number of aliphatic carboxylic acids is 1. The number of benzene rings is 1. The number of nitrogens with zero attached hydrogens (tertiary/aromatic N) is 1. The van der Waals surface area contributed by atoms with E-state index in [9.17, 15) is 9.59 Å². The molecule has 0 aliphatic carbocycles. The lowest BCUT2D eigenvalue weighted by Crippen LogP contribution is -2.39. The quantitative estimate of drug-likeness (QED) is 0.836. The topological polar surface area (TPSA) is 57.6 Å². The average molecular weight is 315 g/mol. The molecule has 1 saturated heterocycles. The molecule has 1 heterocycles. The Morgan fingerprint density at radius 2 is 2.00 bits per heavy atom. The van der Waals surface area contributed by atoms with Gasteiger partial charge in [0.15, 0.2) is 0 Å². The molecule has 4 heteroatoms. The minimum absolute atomic E-state index is 0.183. The van der Waals surface area contributed by atoms with E-state index in [0.717, 1.165) is 31.4 Å². The number of amides is 1. The second-order valence-corrected chi connectivity index (χ2v) is 6.13. The first kappa shape index (κ1) is 17.3. The van der Waals surface area contributed by atoms with Gasteiger partial charge in [-0.05, 0) is 37.2 Å². The van der Waals surface area contributed by atoms with Gasteiger partial charge in [-0.3, -0.25) is 9.59 Å². The zero-order valence-electron chi connectivity index (χ0n) is 13.5. The summed E-state index contributed by atoms with van der Waals surface area (Å²) < 4.78 is 0. The Hall–Kier alpha value is -2.10. The van der Waals surface area contributed by atoms with Crippen molar-refractivity contribution < 1.29 is 14.7 Å². The van der Waals surface area contributed by atoms with Crippen LogP contribution in [0.5, 0.6) is 0 Å². The molecule has 23 heavy (non-hydrogen) atoms. The van der Waals surface area contributed by atoms with Crippen molar-refractivity contribution in [3.63, 3.8) is 0 Å². The van der Waals surface area contributed by atoms with Crippen LogP contribution in [0.2, 0.25) is 0 Å². The lowest BCUT2D eigenvalue weighted by atomic mass is 9.93. The summed E-state index contributed by atoms with van der Waals surface area (Å²) in [5, 5.41) is 8.77. The summed E-state index contributed by atoms with van der Waals surface area (Å²) in [6.07, 6.45) is 8.23. The van der Waals surface area contributed by atoms with Gasteiger partial charge in [-0.25, -0.2) is 0 Å². The molecular weight excluding hydrogens is 290 g/mol. The molecule has 124 valence electrons. The molecule has 4 nitrogen and oxygen atoms in total. The van der Waals surface area contributed by atoms with Gasteiger partial charge in [0.05, 0.1) is 0 Å². The van der Waals surface area contributed by atoms with Gasteiger partial charge >= 0.3 is 5.97 Å². The number of likely N-dealkylation sites (tertiary alicyclic amines) is 1. The third kappa shape index (κ3) is 6.27. The number of carboxylic acids is 1. The molecule has 0 bridgehead atoms. The minimum Gasteiger partial charge on any atom is -0.481 e. The van der Waals surface area contributed by atoms with E-state index in [1.165, 1.54) is 0 Å². The molecule has 0 spiro atoms. The summed E-state index contributed by atoms with van der Waals surface area (Å²) >= 11 is 0. The van der Waals surface area contributed by atoms with Gasteiger partial charge < -0.3 is 10.0 Å². The van der Waals surface area contributed by atoms with Crippen molar-refractivity contribution in [2.24, 2.45) is 5.92 Å². The number of piperidine rings is 1. The predicted molar refractivity (Wildman–Crippen MR) is 90.9 cm³/mol. The maximum absolute atomic E-state index is 12.3. The van der Waals surface area contributed by atoms with Gasteiger partial charge in [-0.2, -0.15) is 0 Å². The molecule has 1 aliphatic rings. The fourth-order valence-corrected chi connectivity index (χ4v) is 3.00. The first-order valence-electron chi connectivity index (χ1n) is 8.36. The van der Waals surface area contributed by atoms with Crippen LogP contribution in [-0.4, -0.2) is 35.0 Å². The second-order valence-electron chi connectivity index (χ2n) is 6.13. The van der Waals surface area contributed by atoms with E-state index < -0.39 is 5.97 Å². The highest BCUT2D eigenvalue weighted by molar-refractivity contribution is 5.76. The van der Waals surface area contributed by atoms with Gasteiger partial charge in [0.2, 0.25) is 5.91 Å². The van der Waals surface area contributed by atoms with E-state index >= 15 is 0 Å². The smallest absolute Gasteiger partial charge is 0.303 e. The van der Waals surface area contributed by atoms with Crippen molar-refractivity contribution >= 4 is 18.0 Å². The maximum atomic E-state index is 12.3. The Morgan fingerprint density at radius 1 is 1.22 bits per heavy atom. The molecule has 1 N–H and O–H groups in total. The molecule has 0 aromatic heterocycles. The third-order valence-corrected chi connectivity index (χ3v) is 4.27. The first-order chi connectivity index (χ1) is 11.1. The van der Waals surface area contributed by atoms with Crippen molar-refractivity contribution in [3.8, 4) is 0 Å². The Bertz CT molecular complexity index is 539. The van der Waals surface area contributed by atoms with Crippen LogP contribution in [0.15, 0.2) is 36.4 Å². The van der Waals surface area contributed by atoms with Gasteiger partial charge in [-0.15, -0.1) is 0 Å². The van der Waals surface area contributed by atoms with E-state index in [1.54, 1.807) is 0 Å². The molecule has 1 atom stereocenters. The Morgan fingerprint density at radius 3 is 2.74 bits per heavy atom. The molecule has 0 radical (unpaired) electrons. The average Bonchev–Trinajstić information content (AvgIpc) is 2.58. The summed E-state index contributed by atoms with van der Waals surface area (Å²) in [5.41, 5.74) is 1.15. The van der Waals surface area contributed by atoms with Crippen molar-refractivity contribution in [2.45, 2.75) is 38.5 Å². The molecule has 1 amide bonds. The molecular formula is C19H25NO3.